The monoisotopic (exact) mass is 416 g/mol. The smallest absolute Gasteiger partial charge is 0.234 e. The molecule has 2 aromatic rings. The number of carbonyl (C=O) groups is 1. The van der Waals surface area contributed by atoms with Crippen LogP contribution in [0, 0.1) is 29.3 Å². The second kappa shape index (κ2) is 8.01. The maximum atomic E-state index is 14.5. The fourth-order valence-corrected chi connectivity index (χ4v) is 4.41. The largest absolute Gasteiger partial charge is 0.372 e. The number of carbonyl (C=O) groups excluding carboxylic acids is 1. The minimum atomic E-state index is -0.795. The molecule has 2 heterocycles. The lowest BCUT2D eigenvalue weighted by molar-refractivity contribution is -0.134. The van der Waals surface area contributed by atoms with Gasteiger partial charge in [-0.1, -0.05) is 6.07 Å². The van der Waals surface area contributed by atoms with Crippen molar-refractivity contribution in [3.8, 4) is 0 Å². The Morgan fingerprint density at radius 1 is 1.00 bits per heavy atom. The van der Waals surface area contributed by atoms with Crippen LogP contribution in [0.1, 0.15) is 24.4 Å². The van der Waals surface area contributed by atoms with E-state index in [1.807, 2.05) is 0 Å². The van der Waals surface area contributed by atoms with Crippen LogP contribution in [0.4, 0.5) is 18.9 Å². The zero-order valence-electron chi connectivity index (χ0n) is 16.6. The van der Waals surface area contributed by atoms with Crippen molar-refractivity contribution in [2.24, 2.45) is 22.6 Å². The maximum absolute atomic E-state index is 14.5. The average molecular weight is 416 g/mol. The van der Waals surface area contributed by atoms with Crippen molar-refractivity contribution >= 4 is 17.6 Å². The summed E-state index contributed by atoms with van der Waals surface area (Å²) in [7, 11) is 1.55. The Hall–Kier alpha value is -3.03. The minimum absolute atomic E-state index is 0.0220. The van der Waals surface area contributed by atoms with Gasteiger partial charge in [0.2, 0.25) is 5.91 Å². The zero-order valence-corrected chi connectivity index (χ0v) is 16.6. The van der Waals surface area contributed by atoms with Crippen molar-refractivity contribution in [1.82, 2.24) is 4.90 Å². The summed E-state index contributed by atoms with van der Waals surface area (Å²) in [6.45, 7) is 1.36. The predicted molar refractivity (Wildman–Crippen MR) is 108 cm³/mol. The Labute approximate surface area is 173 Å². The van der Waals surface area contributed by atoms with Gasteiger partial charge in [0.1, 0.15) is 17.5 Å². The molecule has 30 heavy (non-hydrogen) atoms. The van der Waals surface area contributed by atoms with Gasteiger partial charge in [-0.15, -0.1) is 0 Å². The van der Waals surface area contributed by atoms with E-state index in [0.29, 0.717) is 25.9 Å². The number of hydrogen-bond donors (Lipinski definition) is 1. The van der Waals surface area contributed by atoms with Crippen molar-refractivity contribution < 1.29 is 18.0 Å². The van der Waals surface area contributed by atoms with Crippen LogP contribution in [0.25, 0.3) is 0 Å². The molecule has 0 unspecified atom stereocenters. The van der Waals surface area contributed by atoms with Crippen LogP contribution >= 0.6 is 0 Å². The Morgan fingerprint density at radius 3 is 2.27 bits per heavy atom. The van der Waals surface area contributed by atoms with E-state index in [-0.39, 0.29) is 29.2 Å². The third kappa shape index (κ3) is 3.74. The van der Waals surface area contributed by atoms with Gasteiger partial charge in [-0.25, -0.2) is 18.2 Å². The Balaban J connectivity index is 1.59. The van der Waals surface area contributed by atoms with Gasteiger partial charge < -0.3 is 10.6 Å². The molecule has 8 heteroatoms. The van der Waals surface area contributed by atoms with Crippen LogP contribution in [0.15, 0.2) is 47.5 Å². The van der Waals surface area contributed by atoms with E-state index in [1.54, 1.807) is 19.2 Å². The molecule has 2 atom stereocenters. The van der Waals surface area contributed by atoms with Gasteiger partial charge in [0.15, 0.2) is 5.96 Å². The summed E-state index contributed by atoms with van der Waals surface area (Å²) in [6.07, 6.45) is 1.38. The molecule has 2 aliphatic heterocycles. The van der Waals surface area contributed by atoms with E-state index in [1.165, 1.54) is 29.2 Å². The summed E-state index contributed by atoms with van der Waals surface area (Å²) in [5.41, 5.74) is 6.99. The van der Waals surface area contributed by atoms with Crippen LogP contribution in [0.3, 0.4) is 0 Å². The van der Waals surface area contributed by atoms with Crippen LogP contribution in [0.5, 0.6) is 0 Å². The molecule has 0 spiro atoms. The summed E-state index contributed by atoms with van der Waals surface area (Å²) in [4.78, 5) is 20.9. The molecule has 0 aromatic heterocycles. The molecular formula is C22H23F3N4O. The summed E-state index contributed by atoms with van der Waals surface area (Å²) < 4.78 is 41.1. The fraction of sp³-hybridized carbons (Fsp3) is 0.364. The zero-order chi connectivity index (χ0) is 21.4. The summed E-state index contributed by atoms with van der Waals surface area (Å²) in [5, 5.41) is 0. The number of piperidine rings is 1. The van der Waals surface area contributed by atoms with Gasteiger partial charge in [0.05, 0.1) is 12.0 Å². The highest BCUT2D eigenvalue weighted by Crippen LogP contribution is 2.41. The molecule has 0 saturated carbocycles. The van der Waals surface area contributed by atoms with Crippen LogP contribution in [0.2, 0.25) is 0 Å². The number of aliphatic imine (C=N–C) groups is 1. The topological polar surface area (TPSA) is 61.9 Å². The number of rotatable bonds is 3. The molecule has 2 aromatic carbocycles. The van der Waals surface area contributed by atoms with Gasteiger partial charge in [0.25, 0.3) is 0 Å². The van der Waals surface area contributed by atoms with Gasteiger partial charge >= 0.3 is 0 Å². The van der Waals surface area contributed by atoms with Gasteiger partial charge in [-0.3, -0.25) is 9.69 Å². The molecule has 158 valence electrons. The highest BCUT2D eigenvalue weighted by Gasteiger charge is 2.43. The minimum Gasteiger partial charge on any atom is -0.372 e. The first-order valence-electron chi connectivity index (χ1n) is 9.91. The van der Waals surface area contributed by atoms with Crippen molar-refractivity contribution in [3.63, 3.8) is 0 Å². The van der Waals surface area contributed by atoms with Crippen molar-refractivity contribution in [2.75, 3.05) is 25.0 Å². The molecule has 0 radical (unpaired) electrons. The molecule has 0 bridgehead atoms. The number of nitrogens with zero attached hydrogens (tertiary/aromatic N) is 3. The standard InChI is InChI=1S/C22H23F3N4O/c1-28-21(30)19(20(27-22(28)26)17-7-4-15(24)12-18(17)25)13-8-10-29(11-9-13)16-5-2-14(23)3-6-16/h2-7,12-13,19-20H,8-11H2,1H3,(H2,26,27)/t19-,20-/m1/s1. The molecular weight excluding hydrogens is 393 g/mol. The fourth-order valence-electron chi connectivity index (χ4n) is 4.41. The first-order valence-corrected chi connectivity index (χ1v) is 9.91. The van der Waals surface area contributed by atoms with E-state index in [2.05, 4.69) is 9.89 Å². The van der Waals surface area contributed by atoms with Gasteiger partial charge in [-0.05, 0) is 49.1 Å². The normalized spacial score (nSPS) is 22.9. The van der Waals surface area contributed by atoms with Gasteiger partial charge in [-0.2, -0.15) is 0 Å². The molecule has 4 rings (SSSR count). The first kappa shape index (κ1) is 20.3. The summed E-state index contributed by atoms with van der Waals surface area (Å²) in [5.74, 6) is -2.52. The second-order valence-corrected chi connectivity index (χ2v) is 7.82. The first-order chi connectivity index (χ1) is 14.3. The Morgan fingerprint density at radius 2 is 1.63 bits per heavy atom. The molecule has 2 N–H and O–H groups in total. The third-order valence-electron chi connectivity index (χ3n) is 6.09. The van der Waals surface area contributed by atoms with Crippen molar-refractivity contribution in [3.05, 3.63) is 65.5 Å². The van der Waals surface area contributed by atoms with E-state index in [9.17, 15) is 18.0 Å². The predicted octanol–water partition coefficient (Wildman–Crippen LogP) is 3.46. The molecule has 1 fully saturated rings. The second-order valence-electron chi connectivity index (χ2n) is 7.82. The molecule has 1 amide bonds. The quantitative estimate of drug-likeness (QED) is 0.834. The van der Waals surface area contributed by atoms with E-state index in [0.717, 1.165) is 11.8 Å². The molecule has 0 aliphatic carbocycles. The lowest BCUT2D eigenvalue weighted by atomic mass is 9.76. The highest BCUT2D eigenvalue weighted by atomic mass is 19.1. The van der Waals surface area contributed by atoms with Crippen LogP contribution in [-0.4, -0.2) is 36.9 Å². The SMILES string of the molecule is CN1C(=O)[C@H](C2CCN(c3ccc(F)cc3)CC2)[C@@H](c2ccc(F)cc2F)N=C1N. The number of amides is 1. The number of benzene rings is 2. The lowest BCUT2D eigenvalue weighted by Crippen LogP contribution is -2.51. The number of halogens is 3. The van der Waals surface area contributed by atoms with Crippen LogP contribution in [-0.2, 0) is 4.79 Å². The van der Waals surface area contributed by atoms with E-state index < -0.39 is 23.6 Å². The number of nitrogens with two attached hydrogens (primary N) is 1. The number of anilines is 1. The maximum Gasteiger partial charge on any atom is 0.234 e. The number of hydrogen-bond acceptors (Lipinski definition) is 4. The van der Waals surface area contributed by atoms with Gasteiger partial charge in [0, 0.05) is 37.5 Å². The van der Waals surface area contributed by atoms with E-state index >= 15 is 0 Å². The molecule has 2 aliphatic rings. The Bertz CT molecular complexity index is 971. The summed E-state index contributed by atoms with van der Waals surface area (Å²) in [6, 6.07) is 8.83. The average Bonchev–Trinajstić information content (AvgIpc) is 2.73. The Kier molecular flexibility index (Phi) is 5.40. The van der Waals surface area contributed by atoms with Crippen molar-refractivity contribution in [2.45, 2.75) is 18.9 Å². The highest BCUT2D eigenvalue weighted by molar-refractivity contribution is 5.99. The van der Waals surface area contributed by atoms with Crippen molar-refractivity contribution in [1.29, 1.82) is 0 Å². The van der Waals surface area contributed by atoms with E-state index in [4.69, 9.17) is 5.73 Å². The van der Waals surface area contributed by atoms with Crippen LogP contribution < -0.4 is 10.6 Å². The summed E-state index contributed by atoms with van der Waals surface area (Å²) >= 11 is 0. The number of guanidine groups is 1. The molecule has 1 saturated heterocycles. The lowest BCUT2D eigenvalue weighted by Gasteiger charge is -2.41. The third-order valence-corrected chi connectivity index (χ3v) is 6.09. The molecule has 5 nitrogen and oxygen atoms in total.